The van der Waals surface area contributed by atoms with Crippen LogP contribution in [0.3, 0.4) is 0 Å². The van der Waals surface area contributed by atoms with Gasteiger partial charge < -0.3 is 4.74 Å². The molecule has 0 atom stereocenters. The Kier molecular flexibility index (Phi) is 3.42. The van der Waals surface area contributed by atoms with E-state index in [1.165, 1.54) is 11.6 Å². The second kappa shape index (κ2) is 5.15. The molecular weight excluding hydrogens is 297 g/mol. The van der Waals surface area contributed by atoms with Gasteiger partial charge in [0.25, 0.3) is 0 Å². The number of rotatable bonds is 2. The van der Waals surface area contributed by atoms with Gasteiger partial charge in [-0.05, 0) is 18.9 Å². The summed E-state index contributed by atoms with van der Waals surface area (Å²) in [5.74, 6) is -1.05. The number of nitrogens with zero attached hydrogens (tertiary/aromatic N) is 2. The van der Waals surface area contributed by atoms with Crippen LogP contribution >= 0.6 is 0 Å². The van der Waals surface area contributed by atoms with Crippen molar-refractivity contribution in [3.05, 3.63) is 41.1 Å². The van der Waals surface area contributed by atoms with Gasteiger partial charge in [0.05, 0.1) is 12.3 Å². The molecule has 4 nitrogen and oxygen atoms in total. The van der Waals surface area contributed by atoms with Gasteiger partial charge in [0.2, 0.25) is 0 Å². The Bertz CT molecular complexity index is 735. The third-order valence-corrected chi connectivity index (χ3v) is 3.57. The van der Waals surface area contributed by atoms with Crippen LogP contribution in [-0.2, 0) is 23.9 Å². The van der Waals surface area contributed by atoms with Crippen LogP contribution in [0.4, 0.5) is 13.2 Å². The molecule has 0 unspecified atom stereocenters. The van der Waals surface area contributed by atoms with Crippen molar-refractivity contribution >= 4 is 5.97 Å². The molecule has 0 amide bonds. The number of ether oxygens (including phenoxy) is 1. The molecule has 0 fully saturated rings. The number of halogens is 3. The van der Waals surface area contributed by atoms with Gasteiger partial charge in [-0.2, -0.15) is 18.3 Å². The largest absolute Gasteiger partial charge is 0.461 e. The van der Waals surface area contributed by atoms with Crippen LogP contribution in [-0.4, -0.2) is 22.4 Å². The highest BCUT2D eigenvalue weighted by Gasteiger charge is 2.43. The minimum Gasteiger partial charge on any atom is -0.461 e. The molecule has 0 N–H and O–H groups in total. The van der Waals surface area contributed by atoms with Crippen LogP contribution in [0.15, 0.2) is 24.3 Å². The third-order valence-electron chi connectivity index (χ3n) is 3.57. The molecule has 0 aliphatic carbocycles. The van der Waals surface area contributed by atoms with E-state index in [2.05, 4.69) is 5.10 Å². The number of aromatic nitrogens is 2. The summed E-state index contributed by atoms with van der Waals surface area (Å²) in [4.78, 5) is 11.8. The van der Waals surface area contributed by atoms with E-state index in [-0.39, 0.29) is 12.3 Å². The predicted molar refractivity (Wildman–Crippen MR) is 72.3 cm³/mol. The Balaban J connectivity index is 2.26. The van der Waals surface area contributed by atoms with Crippen LogP contribution in [0.2, 0.25) is 0 Å². The summed E-state index contributed by atoms with van der Waals surface area (Å²) in [6.07, 6.45) is -4.11. The van der Waals surface area contributed by atoms with Crippen LogP contribution in [0, 0.1) is 0 Å². The van der Waals surface area contributed by atoms with E-state index in [1.807, 2.05) is 0 Å². The fourth-order valence-electron chi connectivity index (χ4n) is 2.70. The molecule has 2 aromatic rings. The highest BCUT2D eigenvalue weighted by Crippen LogP contribution is 2.42. The summed E-state index contributed by atoms with van der Waals surface area (Å²) in [7, 11) is 0. The van der Waals surface area contributed by atoms with Crippen molar-refractivity contribution in [2.24, 2.45) is 0 Å². The lowest BCUT2D eigenvalue weighted by molar-refractivity contribution is -0.137. The molecule has 1 aromatic carbocycles. The maximum absolute atomic E-state index is 13.5. The summed E-state index contributed by atoms with van der Waals surface area (Å²) < 4.78 is 46.5. The van der Waals surface area contributed by atoms with E-state index in [9.17, 15) is 18.0 Å². The molecule has 0 saturated carbocycles. The van der Waals surface area contributed by atoms with Crippen LogP contribution in [0.25, 0.3) is 11.3 Å². The van der Waals surface area contributed by atoms with Gasteiger partial charge in [0.1, 0.15) is 5.56 Å². The van der Waals surface area contributed by atoms with Crippen molar-refractivity contribution in [2.45, 2.75) is 26.1 Å². The van der Waals surface area contributed by atoms with Gasteiger partial charge in [-0.15, -0.1) is 0 Å². The summed E-state index contributed by atoms with van der Waals surface area (Å²) >= 11 is 0. The second-order valence-electron chi connectivity index (χ2n) is 4.92. The number of aryl methyl sites for hydroxylation is 2. The molecule has 116 valence electrons. The maximum atomic E-state index is 13.5. The molecule has 1 aliphatic rings. The van der Waals surface area contributed by atoms with Crippen LogP contribution in [0.5, 0.6) is 0 Å². The fourth-order valence-corrected chi connectivity index (χ4v) is 2.70. The van der Waals surface area contributed by atoms with Crippen molar-refractivity contribution in [1.29, 1.82) is 0 Å². The Hall–Kier alpha value is -2.31. The zero-order chi connectivity index (χ0) is 15.9. The zero-order valence-electron chi connectivity index (χ0n) is 11.8. The molecule has 0 bridgehead atoms. The van der Waals surface area contributed by atoms with Crippen molar-refractivity contribution in [2.75, 3.05) is 6.61 Å². The van der Waals surface area contributed by atoms with Crippen LogP contribution in [0.1, 0.15) is 28.5 Å². The topological polar surface area (TPSA) is 44.1 Å². The van der Waals surface area contributed by atoms with Gasteiger partial charge in [0, 0.05) is 12.1 Å². The van der Waals surface area contributed by atoms with E-state index < -0.39 is 23.4 Å². The van der Waals surface area contributed by atoms with E-state index in [4.69, 9.17) is 4.74 Å². The molecule has 0 spiro atoms. The lowest BCUT2D eigenvalue weighted by Crippen LogP contribution is -2.16. The van der Waals surface area contributed by atoms with Crippen molar-refractivity contribution in [1.82, 2.24) is 9.78 Å². The number of hydrogen-bond donors (Lipinski definition) is 0. The summed E-state index contributed by atoms with van der Waals surface area (Å²) in [6, 6.07) is 6.86. The first-order valence-corrected chi connectivity index (χ1v) is 6.87. The lowest BCUT2D eigenvalue weighted by Gasteiger charge is -2.19. The molecule has 0 radical (unpaired) electrons. The van der Waals surface area contributed by atoms with E-state index in [0.717, 1.165) is 5.56 Å². The number of carbonyl (C=O) groups excluding carboxylic acids is 1. The molecule has 1 aromatic heterocycles. The number of alkyl halides is 3. The number of fused-ring (bicyclic) bond motifs is 3. The van der Waals surface area contributed by atoms with E-state index in [0.29, 0.717) is 18.5 Å². The Labute approximate surface area is 124 Å². The summed E-state index contributed by atoms with van der Waals surface area (Å²) in [5.41, 5.74) is -0.462. The molecule has 0 saturated heterocycles. The first-order chi connectivity index (χ1) is 10.4. The Morgan fingerprint density at radius 1 is 1.36 bits per heavy atom. The maximum Gasteiger partial charge on any atom is 0.420 e. The van der Waals surface area contributed by atoms with Crippen LogP contribution < -0.4 is 0 Å². The highest BCUT2D eigenvalue weighted by molar-refractivity contribution is 5.92. The zero-order valence-corrected chi connectivity index (χ0v) is 11.8. The first kappa shape index (κ1) is 14.6. The van der Waals surface area contributed by atoms with E-state index in [1.54, 1.807) is 24.3 Å². The minimum atomic E-state index is -4.68. The average molecular weight is 310 g/mol. The smallest absolute Gasteiger partial charge is 0.420 e. The molecular formula is C15H13F3N2O2. The number of carbonyl (C=O) groups is 1. The molecule has 7 heteroatoms. The third kappa shape index (κ3) is 2.26. The standard InChI is InChI=1S/C15H13F3N2O2/c1-2-22-14(21)12-11(15(16,17)18)13-10-6-4-3-5-9(10)7-8-20(13)19-12/h3-6H,2,7-8H2,1H3. The lowest BCUT2D eigenvalue weighted by atomic mass is 9.95. The van der Waals surface area contributed by atoms with Gasteiger partial charge in [0.15, 0.2) is 5.69 Å². The van der Waals surface area contributed by atoms with Gasteiger partial charge in [-0.3, -0.25) is 4.68 Å². The Morgan fingerprint density at radius 3 is 2.77 bits per heavy atom. The number of benzene rings is 1. The van der Waals surface area contributed by atoms with Crippen molar-refractivity contribution in [3.63, 3.8) is 0 Å². The minimum absolute atomic E-state index is 0.00505. The molecule has 3 rings (SSSR count). The molecule has 1 aliphatic heterocycles. The Morgan fingerprint density at radius 2 is 2.09 bits per heavy atom. The normalized spacial score (nSPS) is 13.5. The van der Waals surface area contributed by atoms with Gasteiger partial charge in [-0.1, -0.05) is 24.3 Å². The highest BCUT2D eigenvalue weighted by atomic mass is 19.4. The fraction of sp³-hybridized carbons (Fsp3) is 0.333. The molecule has 22 heavy (non-hydrogen) atoms. The predicted octanol–water partition coefficient (Wildman–Crippen LogP) is 3.30. The number of esters is 1. The van der Waals surface area contributed by atoms with Crippen molar-refractivity contribution < 1.29 is 22.7 Å². The molecule has 2 heterocycles. The van der Waals surface area contributed by atoms with Gasteiger partial charge in [-0.25, -0.2) is 4.79 Å². The number of hydrogen-bond acceptors (Lipinski definition) is 3. The summed E-state index contributed by atoms with van der Waals surface area (Å²) in [5, 5.41) is 3.86. The SMILES string of the molecule is CCOC(=O)c1nn2c(c1C(F)(F)F)-c1ccccc1CC2. The van der Waals surface area contributed by atoms with E-state index >= 15 is 0 Å². The van der Waals surface area contributed by atoms with Gasteiger partial charge >= 0.3 is 12.1 Å². The average Bonchev–Trinajstić information content (AvgIpc) is 2.87. The monoisotopic (exact) mass is 310 g/mol. The second-order valence-corrected chi connectivity index (χ2v) is 4.92. The quantitative estimate of drug-likeness (QED) is 0.799. The first-order valence-electron chi connectivity index (χ1n) is 6.87. The van der Waals surface area contributed by atoms with Crippen molar-refractivity contribution in [3.8, 4) is 11.3 Å². The summed E-state index contributed by atoms with van der Waals surface area (Å²) in [6.45, 7) is 1.83.